The number of carbonyl (C=O) groups excluding carboxylic acids is 6. The number of esters is 6. The molecule has 12 nitrogen and oxygen atoms in total. The van der Waals surface area contributed by atoms with Crippen LogP contribution in [-0.4, -0.2) is 35.8 Å². The summed E-state index contributed by atoms with van der Waals surface area (Å²) < 4.78 is 39.3. The van der Waals surface area contributed by atoms with Crippen LogP contribution in [0.1, 0.15) is 350 Å². The molecule has 0 bridgehead atoms. The summed E-state index contributed by atoms with van der Waals surface area (Å²) in [6, 6.07) is 10.9. The van der Waals surface area contributed by atoms with Crippen molar-refractivity contribution < 1.29 is 57.2 Å². The highest BCUT2D eigenvalue weighted by Crippen LogP contribution is 2.58. The predicted octanol–water partition coefficient (Wildman–Crippen LogP) is 23.4. The number of unbranched alkanes of at least 4 members (excludes halogenated alkanes) is 36. The summed E-state index contributed by atoms with van der Waals surface area (Å²) in [5.41, 5.74) is 0. The molecule has 0 aliphatic carbocycles. The molecule has 0 fully saturated rings. The summed E-state index contributed by atoms with van der Waals surface area (Å²) in [5, 5.41) is 2.18. The normalized spacial score (nSPS) is 11.4. The van der Waals surface area contributed by atoms with Gasteiger partial charge >= 0.3 is 35.8 Å². The van der Waals surface area contributed by atoms with Gasteiger partial charge in [0, 0.05) is 54.7 Å². The van der Waals surface area contributed by atoms with E-state index in [1.54, 1.807) is 12.1 Å². The Kier molecular flexibility index (Phi) is 41.3. The van der Waals surface area contributed by atoms with Crippen molar-refractivity contribution in [3.8, 4) is 34.5 Å². The maximum absolute atomic E-state index is 14.8. The number of fused-ring (bicyclic) bond motifs is 6. The van der Waals surface area contributed by atoms with Crippen molar-refractivity contribution in [3.63, 3.8) is 0 Å². The number of rotatable bonds is 54. The van der Waals surface area contributed by atoms with Crippen molar-refractivity contribution in [3.05, 3.63) is 36.4 Å². The van der Waals surface area contributed by atoms with E-state index in [1.807, 2.05) is 24.3 Å². The zero-order valence-corrected chi connectivity index (χ0v) is 57.3. The van der Waals surface area contributed by atoms with Crippen molar-refractivity contribution >= 4 is 68.1 Å². The van der Waals surface area contributed by atoms with E-state index in [0.29, 0.717) is 54.7 Å². The van der Waals surface area contributed by atoms with Crippen molar-refractivity contribution in [1.29, 1.82) is 0 Å². The standard InChI is InChI=1S/C78H120O12/c1-7-13-19-25-31-37-43-53-65(79)85-64-60-59-63-61-51-49-50-52-62(61)72-73(71(63)74(64)86-66(80)54-44-38-32-26-20-14-8-2)76(88-68(82)56-46-40-34-28-22-16-10-4)78(90-70(84)58-48-42-36-30-24-18-12-6)77(89-69(83)57-47-41-35-29-23-17-11-5)75(72)87-67(81)55-45-39-33-27-21-15-9-3/h49-52,59-60H,7-48,53-58H2,1-6H3. The van der Waals surface area contributed by atoms with Gasteiger partial charge in [-0.25, -0.2) is 0 Å². The quantitative estimate of drug-likeness (QED) is 0.0179. The lowest BCUT2D eigenvalue weighted by Crippen LogP contribution is -2.18. The first kappa shape index (κ1) is 76.9. The number of hydrogen-bond acceptors (Lipinski definition) is 12. The van der Waals surface area contributed by atoms with Gasteiger partial charge in [0.05, 0.1) is 0 Å². The van der Waals surface area contributed by atoms with E-state index in [-0.39, 0.29) is 83.4 Å². The van der Waals surface area contributed by atoms with Gasteiger partial charge in [-0.2, -0.15) is 0 Å². The van der Waals surface area contributed by atoms with Gasteiger partial charge in [-0.15, -0.1) is 0 Å². The number of hydrogen-bond donors (Lipinski definition) is 0. The summed E-state index contributed by atoms with van der Waals surface area (Å²) in [6.45, 7) is 13.1. The molecular weight excluding hydrogens is 1130 g/mol. The van der Waals surface area contributed by atoms with E-state index < -0.39 is 41.6 Å². The predicted molar refractivity (Wildman–Crippen MR) is 368 cm³/mol. The fourth-order valence-corrected chi connectivity index (χ4v) is 12.0. The molecule has 0 N–H and O–H groups in total. The summed E-state index contributed by atoms with van der Waals surface area (Å²) in [6.07, 6.45) is 40.9. The van der Waals surface area contributed by atoms with E-state index in [0.717, 1.165) is 225 Å². The van der Waals surface area contributed by atoms with Crippen LogP contribution in [0.3, 0.4) is 0 Å². The van der Waals surface area contributed by atoms with Crippen molar-refractivity contribution in [2.75, 3.05) is 0 Å². The number of ether oxygens (including phenoxy) is 6. The molecule has 90 heavy (non-hydrogen) atoms. The average molecular weight is 1250 g/mol. The lowest BCUT2D eigenvalue weighted by molar-refractivity contribution is -0.139. The number of benzene rings is 4. The van der Waals surface area contributed by atoms with Crippen LogP contribution < -0.4 is 28.4 Å². The van der Waals surface area contributed by atoms with Crippen LogP contribution in [0, 0.1) is 0 Å². The van der Waals surface area contributed by atoms with Crippen molar-refractivity contribution in [2.24, 2.45) is 0 Å². The molecule has 0 unspecified atom stereocenters. The molecule has 4 rings (SSSR count). The van der Waals surface area contributed by atoms with Crippen LogP contribution in [0.4, 0.5) is 0 Å². The van der Waals surface area contributed by atoms with Crippen LogP contribution in [0.2, 0.25) is 0 Å². The second kappa shape index (κ2) is 48.3. The molecule has 0 radical (unpaired) electrons. The SMILES string of the molecule is CCCCCCCCCC(=O)Oc1ccc2c3ccccc3c3c(OC(=O)CCCCCCCCC)c(OC(=O)CCCCCCCCC)c(OC(=O)CCCCCCCCC)c(OC(=O)CCCCCCCCC)c3c2c1OC(=O)CCCCCCCCC. The van der Waals surface area contributed by atoms with E-state index in [9.17, 15) is 28.8 Å². The number of carbonyl (C=O) groups is 6. The molecule has 504 valence electrons. The molecule has 4 aromatic carbocycles. The summed E-state index contributed by atoms with van der Waals surface area (Å²) in [7, 11) is 0. The largest absolute Gasteiger partial charge is 0.422 e. The molecule has 12 heteroatoms. The zero-order valence-electron chi connectivity index (χ0n) is 57.3. The Balaban J connectivity index is 2.13. The average Bonchev–Trinajstić information content (AvgIpc) is 0.726. The second-order valence-electron chi connectivity index (χ2n) is 25.5. The third-order valence-corrected chi connectivity index (χ3v) is 17.4. The zero-order chi connectivity index (χ0) is 64.8. The highest BCUT2D eigenvalue weighted by molar-refractivity contribution is 6.32. The minimum Gasteiger partial charge on any atom is -0.422 e. The summed E-state index contributed by atoms with van der Waals surface area (Å²) >= 11 is 0. The molecule has 4 aromatic rings. The summed E-state index contributed by atoms with van der Waals surface area (Å²) in [4.78, 5) is 87.6. The molecule has 0 aliphatic rings. The molecule has 0 amide bonds. The Morgan fingerprint density at radius 3 is 0.756 bits per heavy atom. The molecule has 0 spiro atoms. The second-order valence-corrected chi connectivity index (χ2v) is 25.5. The molecule has 0 heterocycles. The van der Waals surface area contributed by atoms with Crippen LogP contribution in [0.5, 0.6) is 34.5 Å². The Morgan fingerprint density at radius 1 is 0.222 bits per heavy atom. The van der Waals surface area contributed by atoms with Crippen LogP contribution in [0.15, 0.2) is 36.4 Å². The van der Waals surface area contributed by atoms with Gasteiger partial charge in [0.15, 0.2) is 23.0 Å². The van der Waals surface area contributed by atoms with E-state index >= 15 is 0 Å². The van der Waals surface area contributed by atoms with Gasteiger partial charge in [-0.05, 0) is 66.8 Å². The minimum absolute atomic E-state index is 0.00516. The van der Waals surface area contributed by atoms with Crippen LogP contribution >= 0.6 is 0 Å². The Labute approximate surface area is 543 Å². The minimum atomic E-state index is -0.663. The van der Waals surface area contributed by atoms with Gasteiger partial charge in [0.2, 0.25) is 11.5 Å². The van der Waals surface area contributed by atoms with Gasteiger partial charge in [-0.3, -0.25) is 28.8 Å². The van der Waals surface area contributed by atoms with Gasteiger partial charge in [0.1, 0.15) is 0 Å². The Hall–Kier alpha value is -5.52. The van der Waals surface area contributed by atoms with E-state index in [1.165, 1.54) is 6.42 Å². The lowest BCUT2D eigenvalue weighted by atomic mass is 9.91. The first-order valence-corrected chi connectivity index (χ1v) is 36.8. The summed E-state index contributed by atoms with van der Waals surface area (Å²) in [5.74, 6) is -4.93. The molecule has 0 saturated carbocycles. The van der Waals surface area contributed by atoms with Gasteiger partial charge in [-0.1, -0.05) is 297 Å². The Bertz CT molecular complexity index is 2690. The van der Waals surface area contributed by atoms with Crippen LogP contribution in [-0.2, 0) is 28.8 Å². The van der Waals surface area contributed by atoms with Crippen molar-refractivity contribution in [2.45, 2.75) is 350 Å². The highest BCUT2D eigenvalue weighted by Gasteiger charge is 2.35. The third-order valence-electron chi connectivity index (χ3n) is 17.4. The molecule has 0 saturated heterocycles. The topological polar surface area (TPSA) is 158 Å². The maximum atomic E-state index is 14.8. The van der Waals surface area contributed by atoms with E-state index in [2.05, 4.69) is 41.5 Å². The fourth-order valence-electron chi connectivity index (χ4n) is 12.0. The maximum Gasteiger partial charge on any atom is 0.311 e. The lowest BCUT2D eigenvalue weighted by Gasteiger charge is -2.24. The van der Waals surface area contributed by atoms with Gasteiger partial charge < -0.3 is 28.4 Å². The smallest absolute Gasteiger partial charge is 0.311 e. The molecular formula is C78H120O12. The van der Waals surface area contributed by atoms with Crippen LogP contribution in [0.25, 0.3) is 32.3 Å². The molecule has 0 atom stereocenters. The van der Waals surface area contributed by atoms with Crippen molar-refractivity contribution in [1.82, 2.24) is 0 Å². The van der Waals surface area contributed by atoms with Gasteiger partial charge in [0.25, 0.3) is 0 Å². The van der Waals surface area contributed by atoms with E-state index in [4.69, 9.17) is 28.4 Å². The molecule has 0 aliphatic heterocycles. The highest BCUT2D eigenvalue weighted by atomic mass is 16.6. The fraction of sp³-hybridized carbons (Fsp3) is 0.692. The monoisotopic (exact) mass is 1250 g/mol. The first-order valence-electron chi connectivity index (χ1n) is 36.8. The first-order chi connectivity index (χ1) is 44.0. The molecule has 0 aromatic heterocycles. The Morgan fingerprint density at radius 2 is 0.444 bits per heavy atom. The third kappa shape index (κ3) is 29.4.